The van der Waals surface area contributed by atoms with E-state index in [9.17, 15) is 9.18 Å². The average molecular weight is 235 g/mol. The summed E-state index contributed by atoms with van der Waals surface area (Å²) >= 11 is 0. The van der Waals surface area contributed by atoms with Gasteiger partial charge in [-0.2, -0.15) is 0 Å². The molecule has 1 N–H and O–H groups in total. The molecular weight excluding hydrogens is 217 g/mol. The Labute approximate surface area is 101 Å². The molecule has 1 atom stereocenters. The highest BCUT2D eigenvalue weighted by Crippen LogP contribution is 2.14. The third-order valence-electron chi connectivity index (χ3n) is 3.30. The summed E-state index contributed by atoms with van der Waals surface area (Å²) in [4.78, 5) is 11.8. The minimum atomic E-state index is -0.296. The Balaban J connectivity index is 1.82. The molecule has 2 rings (SSSR count). The zero-order chi connectivity index (χ0) is 12.1. The maximum Gasteiger partial charge on any atom is 0.162 e. The molecular formula is C14H18FNO. The molecule has 3 heteroatoms. The summed E-state index contributed by atoms with van der Waals surface area (Å²) < 4.78 is 12.7. The Morgan fingerprint density at radius 2 is 2.06 bits per heavy atom. The molecule has 17 heavy (non-hydrogen) atoms. The van der Waals surface area contributed by atoms with Crippen LogP contribution in [0.5, 0.6) is 0 Å². The first kappa shape index (κ1) is 12.2. The van der Waals surface area contributed by atoms with Gasteiger partial charge in [0, 0.05) is 18.0 Å². The number of carbonyl (C=O) groups is 1. The smallest absolute Gasteiger partial charge is 0.162 e. The number of rotatable bonds is 4. The number of Topliss-reactive ketones (excluding diaryl/α,β-unsaturated/α-hetero) is 1. The number of ketones is 1. The van der Waals surface area contributed by atoms with Crippen molar-refractivity contribution in [2.75, 3.05) is 6.54 Å². The van der Waals surface area contributed by atoms with Crippen LogP contribution < -0.4 is 5.32 Å². The van der Waals surface area contributed by atoms with Crippen molar-refractivity contribution >= 4 is 5.78 Å². The minimum absolute atomic E-state index is 0.109. The first-order valence-electron chi connectivity index (χ1n) is 6.28. The third-order valence-corrected chi connectivity index (χ3v) is 3.30. The van der Waals surface area contributed by atoms with Crippen LogP contribution in [0.3, 0.4) is 0 Å². The summed E-state index contributed by atoms with van der Waals surface area (Å²) in [5.74, 6) is -0.187. The normalized spacial score (nSPS) is 20.2. The Hall–Kier alpha value is -1.22. The lowest BCUT2D eigenvalue weighted by molar-refractivity contribution is 0.0974. The van der Waals surface area contributed by atoms with Gasteiger partial charge < -0.3 is 5.32 Å². The Bertz CT molecular complexity index is 368. The Kier molecular flexibility index (Phi) is 4.26. The van der Waals surface area contributed by atoms with Crippen LogP contribution in [0.4, 0.5) is 4.39 Å². The second kappa shape index (κ2) is 5.92. The Morgan fingerprint density at radius 1 is 1.29 bits per heavy atom. The lowest BCUT2D eigenvalue weighted by atomic mass is 9.97. The summed E-state index contributed by atoms with van der Waals surface area (Å²) in [7, 11) is 0. The van der Waals surface area contributed by atoms with E-state index < -0.39 is 0 Å². The van der Waals surface area contributed by atoms with Crippen LogP contribution in [0.2, 0.25) is 0 Å². The molecule has 92 valence electrons. The van der Waals surface area contributed by atoms with Crippen molar-refractivity contribution in [1.82, 2.24) is 5.32 Å². The van der Waals surface area contributed by atoms with Gasteiger partial charge in [0.1, 0.15) is 5.82 Å². The van der Waals surface area contributed by atoms with Crippen molar-refractivity contribution in [1.29, 1.82) is 0 Å². The van der Waals surface area contributed by atoms with Gasteiger partial charge in [0.2, 0.25) is 0 Å². The fraction of sp³-hybridized carbons (Fsp3) is 0.500. The topological polar surface area (TPSA) is 29.1 Å². The van der Waals surface area contributed by atoms with Crippen LogP contribution in [0.15, 0.2) is 24.3 Å². The van der Waals surface area contributed by atoms with Gasteiger partial charge in [-0.15, -0.1) is 0 Å². The van der Waals surface area contributed by atoms with Crippen LogP contribution in [-0.2, 0) is 0 Å². The van der Waals surface area contributed by atoms with Crippen molar-refractivity contribution in [2.24, 2.45) is 0 Å². The molecule has 0 bridgehead atoms. The van der Waals surface area contributed by atoms with E-state index in [1.807, 2.05) is 0 Å². The van der Waals surface area contributed by atoms with Gasteiger partial charge in [0.15, 0.2) is 5.78 Å². The molecule has 0 radical (unpaired) electrons. The van der Waals surface area contributed by atoms with Crippen molar-refractivity contribution in [2.45, 2.75) is 38.1 Å². The van der Waals surface area contributed by atoms with Crippen LogP contribution >= 0.6 is 0 Å². The highest BCUT2D eigenvalue weighted by atomic mass is 19.1. The summed E-state index contributed by atoms with van der Waals surface area (Å²) in [5, 5.41) is 3.42. The standard InChI is InChI=1S/C14H18FNO/c15-12-6-4-11(5-7-12)14(17)9-8-13-3-1-2-10-16-13/h4-7,13,16H,1-3,8-10H2. The zero-order valence-corrected chi connectivity index (χ0v) is 9.92. The monoisotopic (exact) mass is 235 g/mol. The lowest BCUT2D eigenvalue weighted by Gasteiger charge is -2.22. The van der Waals surface area contributed by atoms with E-state index in [2.05, 4.69) is 5.32 Å². The summed E-state index contributed by atoms with van der Waals surface area (Å²) in [6.45, 7) is 1.06. The van der Waals surface area contributed by atoms with E-state index in [0.717, 1.165) is 19.4 Å². The summed E-state index contributed by atoms with van der Waals surface area (Å²) in [6.07, 6.45) is 5.08. The van der Waals surface area contributed by atoms with Gasteiger partial charge in [-0.25, -0.2) is 4.39 Å². The molecule has 1 aliphatic rings. The van der Waals surface area contributed by atoms with Gasteiger partial charge in [0.25, 0.3) is 0 Å². The summed E-state index contributed by atoms with van der Waals surface area (Å²) in [6, 6.07) is 6.28. The summed E-state index contributed by atoms with van der Waals surface area (Å²) in [5.41, 5.74) is 0.613. The van der Waals surface area contributed by atoms with Crippen molar-refractivity contribution in [3.63, 3.8) is 0 Å². The molecule has 1 saturated heterocycles. The van der Waals surface area contributed by atoms with E-state index in [1.54, 1.807) is 12.1 Å². The number of hydrogen-bond donors (Lipinski definition) is 1. The minimum Gasteiger partial charge on any atom is -0.314 e. The van der Waals surface area contributed by atoms with Crippen LogP contribution in [0.25, 0.3) is 0 Å². The Morgan fingerprint density at radius 3 is 2.71 bits per heavy atom. The molecule has 0 amide bonds. The van der Waals surface area contributed by atoms with Crippen molar-refractivity contribution < 1.29 is 9.18 Å². The highest BCUT2D eigenvalue weighted by Gasteiger charge is 2.14. The molecule has 0 aliphatic carbocycles. The molecule has 1 aliphatic heterocycles. The van der Waals surface area contributed by atoms with Crippen LogP contribution in [0.1, 0.15) is 42.5 Å². The highest BCUT2D eigenvalue weighted by molar-refractivity contribution is 5.95. The molecule has 1 unspecified atom stereocenters. The first-order chi connectivity index (χ1) is 8.25. The van der Waals surface area contributed by atoms with E-state index in [4.69, 9.17) is 0 Å². The number of hydrogen-bond acceptors (Lipinski definition) is 2. The SMILES string of the molecule is O=C(CCC1CCCCN1)c1ccc(F)cc1. The second-order valence-electron chi connectivity index (χ2n) is 4.62. The van der Waals surface area contributed by atoms with E-state index >= 15 is 0 Å². The fourth-order valence-electron chi connectivity index (χ4n) is 2.26. The molecule has 1 aromatic carbocycles. The molecule has 0 aromatic heterocycles. The van der Waals surface area contributed by atoms with E-state index in [-0.39, 0.29) is 11.6 Å². The maximum atomic E-state index is 12.7. The number of benzene rings is 1. The quantitative estimate of drug-likeness (QED) is 0.813. The first-order valence-corrected chi connectivity index (χ1v) is 6.28. The van der Waals surface area contributed by atoms with E-state index in [0.29, 0.717) is 18.0 Å². The van der Waals surface area contributed by atoms with Crippen LogP contribution in [0, 0.1) is 5.82 Å². The predicted molar refractivity (Wildman–Crippen MR) is 65.6 cm³/mol. The van der Waals surface area contributed by atoms with Crippen molar-refractivity contribution in [3.8, 4) is 0 Å². The number of piperidine rings is 1. The average Bonchev–Trinajstić information content (AvgIpc) is 2.38. The molecule has 0 saturated carbocycles. The third kappa shape index (κ3) is 3.63. The lowest BCUT2D eigenvalue weighted by Crippen LogP contribution is -2.34. The number of nitrogens with one attached hydrogen (secondary N) is 1. The molecule has 2 nitrogen and oxygen atoms in total. The molecule has 0 spiro atoms. The molecule has 1 fully saturated rings. The van der Waals surface area contributed by atoms with Crippen LogP contribution in [-0.4, -0.2) is 18.4 Å². The van der Waals surface area contributed by atoms with E-state index in [1.165, 1.54) is 25.0 Å². The number of halogens is 1. The van der Waals surface area contributed by atoms with Gasteiger partial charge >= 0.3 is 0 Å². The van der Waals surface area contributed by atoms with Gasteiger partial charge in [-0.05, 0) is 50.1 Å². The van der Waals surface area contributed by atoms with Gasteiger partial charge in [-0.1, -0.05) is 6.42 Å². The van der Waals surface area contributed by atoms with Gasteiger partial charge in [-0.3, -0.25) is 4.79 Å². The van der Waals surface area contributed by atoms with Crippen molar-refractivity contribution in [3.05, 3.63) is 35.6 Å². The predicted octanol–water partition coefficient (Wildman–Crippen LogP) is 2.93. The number of carbonyl (C=O) groups excluding carboxylic acids is 1. The van der Waals surface area contributed by atoms with Gasteiger partial charge in [0.05, 0.1) is 0 Å². The fourth-order valence-corrected chi connectivity index (χ4v) is 2.26. The molecule has 1 heterocycles. The molecule has 1 aromatic rings. The zero-order valence-electron chi connectivity index (χ0n) is 9.92. The maximum absolute atomic E-state index is 12.7. The largest absolute Gasteiger partial charge is 0.314 e. The second-order valence-corrected chi connectivity index (χ2v) is 4.62.